The van der Waals surface area contributed by atoms with Gasteiger partial charge >= 0.3 is 0 Å². The van der Waals surface area contributed by atoms with Crippen LogP contribution < -0.4 is 4.90 Å². The third-order valence-electron chi connectivity index (χ3n) is 6.23. The summed E-state index contributed by atoms with van der Waals surface area (Å²) in [4.78, 5) is 15.1. The molecule has 2 fully saturated rings. The number of hydrogen-bond donors (Lipinski definition) is 1. The van der Waals surface area contributed by atoms with Gasteiger partial charge in [-0.2, -0.15) is 0 Å². The van der Waals surface area contributed by atoms with Crippen LogP contribution in [-0.4, -0.2) is 23.7 Å². The molecule has 1 unspecified atom stereocenters. The minimum Gasteiger partial charge on any atom is -0.393 e. The number of aliphatic hydroxyl groups is 1. The summed E-state index contributed by atoms with van der Waals surface area (Å²) in [6, 6.07) is 8.49. The predicted molar refractivity (Wildman–Crippen MR) is 98.2 cm³/mol. The second-order valence-corrected chi connectivity index (χ2v) is 8.86. The first-order valence-electron chi connectivity index (χ1n) is 9.33. The topological polar surface area (TPSA) is 40.5 Å². The molecule has 0 radical (unpaired) electrons. The van der Waals surface area contributed by atoms with Crippen LogP contribution in [0.15, 0.2) is 24.3 Å². The number of aliphatic hydroxyl groups excluding tert-OH is 1. The number of amides is 1. The summed E-state index contributed by atoms with van der Waals surface area (Å²) >= 11 is 0. The first-order chi connectivity index (χ1) is 11.2. The summed E-state index contributed by atoms with van der Waals surface area (Å²) in [7, 11) is 0. The van der Waals surface area contributed by atoms with Crippen molar-refractivity contribution in [2.45, 2.75) is 71.3 Å². The SMILES string of the molecule is CC(O)[C@H]1CC[C@]2(CCN(c3ccc(C(C)(C)C)cc3)C2=O)CC1. The smallest absolute Gasteiger partial charge is 0.233 e. The molecule has 1 aliphatic carbocycles. The lowest BCUT2D eigenvalue weighted by Gasteiger charge is -2.36. The van der Waals surface area contributed by atoms with E-state index in [-0.39, 0.29) is 16.9 Å². The van der Waals surface area contributed by atoms with Crippen molar-refractivity contribution in [1.82, 2.24) is 0 Å². The zero-order chi connectivity index (χ0) is 17.5. The van der Waals surface area contributed by atoms with E-state index in [1.807, 2.05) is 11.8 Å². The number of carbonyl (C=O) groups excluding carboxylic acids is 1. The average molecular weight is 329 g/mol. The molecule has 1 aromatic carbocycles. The van der Waals surface area contributed by atoms with Gasteiger partial charge in [-0.3, -0.25) is 4.79 Å². The largest absolute Gasteiger partial charge is 0.393 e. The van der Waals surface area contributed by atoms with Gasteiger partial charge in [0.25, 0.3) is 0 Å². The van der Waals surface area contributed by atoms with Crippen molar-refractivity contribution in [1.29, 1.82) is 0 Å². The molecule has 0 bridgehead atoms. The maximum Gasteiger partial charge on any atom is 0.233 e. The summed E-state index contributed by atoms with van der Waals surface area (Å²) in [5, 5.41) is 9.80. The molecule has 132 valence electrons. The lowest BCUT2D eigenvalue weighted by molar-refractivity contribution is -0.128. The van der Waals surface area contributed by atoms with Crippen LogP contribution in [0.5, 0.6) is 0 Å². The lowest BCUT2D eigenvalue weighted by atomic mass is 9.68. The predicted octanol–water partition coefficient (Wildman–Crippen LogP) is 4.28. The van der Waals surface area contributed by atoms with E-state index < -0.39 is 0 Å². The van der Waals surface area contributed by atoms with E-state index in [2.05, 4.69) is 45.0 Å². The van der Waals surface area contributed by atoms with E-state index in [0.717, 1.165) is 44.3 Å². The number of benzene rings is 1. The summed E-state index contributed by atoms with van der Waals surface area (Å²) < 4.78 is 0. The molecule has 1 spiro atoms. The van der Waals surface area contributed by atoms with Gasteiger partial charge in [-0.05, 0) is 68.1 Å². The van der Waals surface area contributed by atoms with Gasteiger partial charge in [0.05, 0.1) is 11.5 Å². The van der Waals surface area contributed by atoms with Crippen molar-refractivity contribution in [2.75, 3.05) is 11.4 Å². The molecule has 1 N–H and O–H groups in total. The van der Waals surface area contributed by atoms with Gasteiger partial charge in [0, 0.05) is 12.2 Å². The van der Waals surface area contributed by atoms with Gasteiger partial charge in [0.1, 0.15) is 0 Å². The Morgan fingerprint density at radius 2 is 1.71 bits per heavy atom. The third-order valence-corrected chi connectivity index (χ3v) is 6.23. The van der Waals surface area contributed by atoms with E-state index in [0.29, 0.717) is 11.8 Å². The highest BCUT2D eigenvalue weighted by molar-refractivity contribution is 6.00. The normalized spacial score (nSPS) is 29.3. The molecule has 1 heterocycles. The molecule has 1 aliphatic heterocycles. The fraction of sp³-hybridized carbons (Fsp3) is 0.667. The van der Waals surface area contributed by atoms with Crippen LogP contribution in [0.1, 0.15) is 65.4 Å². The second kappa shape index (κ2) is 6.18. The Bertz CT molecular complexity index is 589. The summed E-state index contributed by atoms with van der Waals surface area (Å²) in [6.07, 6.45) is 4.51. The van der Waals surface area contributed by atoms with Crippen molar-refractivity contribution >= 4 is 11.6 Å². The Kier molecular flexibility index (Phi) is 4.50. The van der Waals surface area contributed by atoms with Gasteiger partial charge in [-0.25, -0.2) is 0 Å². The molecule has 0 aromatic heterocycles. The lowest BCUT2D eigenvalue weighted by Crippen LogP contribution is -2.39. The maximum absolute atomic E-state index is 13.1. The molecule has 24 heavy (non-hydrogen) atoms. The zero-order valence-electron chi connectivity index (χ0n) is 15.5. The van der Waals surface area contributed by atoms with Crippen molar-refractivity contribution < 1.29 is 9.90 Å². The first-order valence-corrected chi connectivity index (χ1v) is 9.33. The summed E-state index contributed by atoms with van der Waals surface area (Å²) in [5.41, 5.74) is 2.29. The highest BCUT2D eigenvalue weighted by atomic mass is 16.3. The number of nitrogens with zero attached hydrogens (tertiary/aromatic N) is 1. The quantitative estimate of drug-likeness (QED) is 0.880. The molecule has 1 saturated carbocycles. The number of hydrogen-bond acceptors (Lipinski definition) is 2. The Morgan fingerprint density at radius 1 is 1.12 bits per heavy atom. The van der Waals surface area contributed by atoms with Gasteiger partial charge in [-0.1, -0.05) is 32.9 Å². The van der Waals surface area contributed by atoms with Crippen molar-refractivity contribution in [3.05, 3.63) is 29.8 Å². The minimum atomic E-state index is -0.250. The molecular weight excluding hydrogens is 298 g/mol. The van der Waals surface area contributed by atoms with Crippen LogP contribution in [0.3, 0.4) is 0 Å². The Labute approximate surface area is 146 Å². The van der Waals surface area contributed by atoms with E-state index in [4.69, 9.17) is 0 Å². The van der Waals surface area contributed by atoms with Gasteiger partial charge in [-0.15, -0.1) is 0 Å². The second-order valence-electron chi connectivity index (χ2n) is 8.86. The molecule has 1 atom stereocenters. The van der Waals surface area contributed by atoms with E-state index in [1.54, 1.807) is 0 Å². The fourth-order valence-corrected chi connectivity index (χ4v) is 4.35. The molecule has 2 aliphatic rings. The molecule has 3 nitrogen and oxygen atoms in total. The van der Waals surface area contributed by atoms with Crippen molar-refractivity contribution in [3.8, 4) is 0 Å². The average Bonchev–Trinajstić information content (AvgIpc) is 2.84. The number of anilines is 1. The molecule has 1 amide bonds. The van der Waals surface area contributed by atoms with Gasteiger partial charge in [0.15, 0.2) is 0 Å². The third kappa shape index (κ3) is 3.11. The molecule has 3 heteroatoms. The highest BCUT2D eigenvalue weighted by Gasteiger charge is 2.49. The van der Waals surface area contributed by atoms with Crippen LogP contribution in [0.2, 0.25) is 0 Å². The van der Waals surface area contributed by atoms with Crippen LogP contribution in [0.4, 0.5) is 5.69 Å². The van der Waals surface area contributed by atoms with Gasteiger partial charge < -0.3 is 10.0 Å². The fourth-order valence-electron chi connectivity index (χ4n) is 4.35. The molecule has 3 rings (SSSR count). The minimum absolute atomic E-state index is 0.133. The standard InChI is InChI=1S/C21H31NO2/c1-15(23)16-9-11-21(12-10-16)13-14-22(19(21)24)18-7-5-17(6-8-18)20(2,3)4/h5-8,15-16,23H,9-14H2,1-4H3/t15?,16-,21+. The van der Waals surface area contributed by atoms with Crippen LogP contribution >= 0.6 is 0 Å². The zero-order valence-corrected chi connectivity index (χ0v) is 15.5. The molecular formula is C21H31NO2. The van der Waals surface area contributed by atoms with Crippen LogP contribution in [0.25, 0.3) is 0 Å². The Morgan fingerprint density at radius 3 is 2.21 bits per heavy atom. The summed E-state index contributed by atoms with van der Waals surface area (Å²) in [6.45, 7) is 9.32. The Balaban J connectivity index is 1.73. The number of rotatable bonds is 2. The van der Waals surface area contributed by atoms with E-state index >= 15 is 0 Å². The Hall–Kier alpha value is -1.35. The van der Waals surface area contributed by atoms with E-state index in [9.17, 15) is 9.90 Å². The van der Waals surface area contributed by atoms with Gasteiger partial charge in [0.2, 0.25) is 5.91 Å². The number of carbonyl (C=O) groups is 1. The monoisotopic (exact) mass is 329 g/mol. The summed E-state index contributed by atoms with van der Waals surface area (Å²) in [5.74, 6) is 0.665. The van der Waals surface area contributed by atoms with Crippen molar-refractivity contribution in [2.24, 2.45) is 11.3 Å². The van der Waals surface area contributed by atoms with E-state index in [1.165, 1.54) is 5.56 Å². The maximum atomic E-state index is 13.1. The van der Waals surface area contributed by atoms with Crippen LogP contribution in [-0.2, 0) is 10.2 Å². The molecule has 1 saturated heterocycles. The molecule has 1 aromatic rings. The van der Waals surface area contributed by atoms with Crippen LogP contribution in [0, 0.1) is 11.3 Å². The van der Waals surface area contributed by atoms with Crippen molar-refractivity contribution in [3.63, 3.8) is 0 Å². The highest BCUT2D eigenvalue weighted by Crippen LogP contribution is 2.48. The first kappa shape index (κ1) is 17.5.